The van der Waals surface area contributed by atoms with Crippen LogP contribution in [0.5, 0.6) is 0 Å². The monoisotopic (exact) mass is 410 g/mol. The molecule has 2 aromatic heterocycles. The number of hydrogen-bond acceptors (Lipinski definition) is 5. The van der Waals surface area contributed by atoms with Crippen LogP contribution < -0.4 is 10.9 Å². The second-order valence-corrected chi connectivity index (χ2v) is 7.58. The van der Waals surface area contributed by atoms with Crippen molar-refractivity contribution in [3.63, 3.8) is 0 Å². The van der Waals surface area contributed by atoms with E-state index in [0.29, 0.717) is 17.7 Å². The highest BCUT2D eigenvalue weighted by atomic mass is 35.5. The lowest BCUT2D eigenvalue weighted by Crippen LogP contribution is -2.24. The molecule has 1 atom stereocenters. The molecule has 0 aliphatic carbocycles. The molecule has 0 spiro atoms. The molecule has 1 N–H and O–H groups in total. The van der Waals surface area contributed by atoms with Crippen molar-refractivity contribution in [3.05, 3.63) is 67.5 Å². The number of aromatic nitrogens is 3. The highest BCUT2D eigenvalue weighted by Gasteiger charge is 2.17. The Kier molecular flexibility index (Phi) is 5.57. The molecule has 3 aromatic rings. The number of anilines is 1. The summed E-state index contributed by atoms with van der Waals surface area (Å²) < 4.78 is 27.8. The van der Waals surface area contributed by atoms with Crippen molar-refractivity contribution < 1.29 is 8.78 Å². The van der Waals surface area contributed by atoms with Crippen LogP contribution in [0, 0.1) is 11.6 Å². The third-order valence-corrected chi connectivity index (χ3v) is 5.43. The summed E-state index contributed by atoms with van der Waals surface area (Å²) >= 11 is 7.74. The molecular formula is C18H17ClF2N4OS. The SMILES string of the molecule is CC(C)c1nc(C(C)Nc2cnn(-c3ccc(F)cc3F)c(=O)c2Cl)cs1. The normalized spacial score (nSPS) is 12.4. The maximum absolute atomic E-state index is 13.9. The van der Waals surface area contributed by atoms with E-state index in [-0.39, 0.29) is 16.8 Å². The van der Waals surface area contributed by atoms with Crippen molar-refractivity contribution in [3.8, 4) is 5.69 Å². The number of thiazole rings is 1. The Morgan fingerprint density at radius 1 is 1.26 bits per heavy atom. The van der Waals surface area contributed by atoms with E-state index in [1.165, 1.54) is 6.20 Å². The molecule has 5 nitrogen and oxygen atoms in total. The van der Waals surface area contributed by atoms with Crippen molar-refractivity contribution in [2.24, 2.45) is 0 Å². The maximum atomic E-state index is 13.9. The number of nitrogens with one attached hydrogen (secondary N) is 1. The van der Waals surface area contributed by atoms with Gasteiger partial charge in [0.05, 0.1) is 28.6 Å². The van der Waals surface area contributed by atoms with Gasteiger partial charge in [0.25, 0.3) is 5.56 Å². The van der Waals surface area contributed by atoms with Crippen molar-refractivity contribution >= 4 is 28.6 Å². The van der Waals surface area contributed by atoms with Gasteiger partial charge in [0.1, 0.15) is 16.5 Å². The van der Waals surface area contributed by atoms with Gasteiger partial charge in [-0.3, -0.25) is 4.79 Å². The van der Waals surface area contributed by atoms with E-state index in [4.69, 9.17) is 11.6 Å². The van der Waals surface area contributed by atoms with E-state index in [1.807, 2.05) is 12.3 Å². The first kappa shape index (κ1) is 19.4. The van der Waals surface area contributed by atoms with E-state index in [1.54, 1.807) is 11.3 Å². The summed E-state index contributed by atoms with van der Waals surface area (Å²) in [6.45, 7) is 6.02. The van der Waals surface area contributed by atoms with Crippen LogP contribution in [0.3, 0.4) is 0 Å². The summed E-state index contributed by atoms with van der Waals surface area (Å²) in [4.78, 5) is 17.1. The van der Waals surface area contributed by atoms with Crippen molar-refractivity contribution in [1.82, 2.24) is 14.8 Å². The molecule has 9 heteroatoms. The Labute approximate surface area is 163 Å². The van der Waals surface area contributed by atoms with Crippen LogP contribution in [0.15, 0.2) is 34.6 Å². The molecule has 0 aliphatic heterocycles. The second kappa shape index (κ2) is 7.74. The van der Waals surface area contributed by atoms with E-state index in [9.17, 15) is 13.6 Å². The number of halogens is 3. The quantitative estimate of drug-likeness (QED) is 0.648. The molecule has 1 aromatic carbocycles. The third kappa shape index (κ3) is 4.01. The Bertz CT molecular complexity index is 1030. The zero-order valence-corrected chi connectivity index (χ0v) is 16.4. The molecule has 0 radical (unpaired) electrons. The fraction of sp³-hybridized carbons (Fsp3) is 0.278. The van der Waals surface area contributed by atoms with Gasteiger partial charge in [0.2, 0.25) is 0 Å². The Morgan fingerprint density at radius 3 is 2.63 bits per heavy atom. The molecule has 0 amide bonds. The van der Waals surface area contributed by atoms with Gasteiger partial charge in [0.15, 0.2) is 5.82 Å². The fourth-order valence-corrected chi connectivity index (χ4v) is 3.54. The summed E-state index contributed by atoms with van der Waals surface area (Å²) in [7, 11) is 0. The Balaban J connectivity index is 1.89. The molecule has 0 aliphatic rings. The van der Waals surface area contributed by atoms with Crippen LogP contribution >= 0.6 is 22.9 Å². The first-order valence-electron chi connectivity index (χ1n) is 8.23. The van der Waals surface area contributed by atoms with Gasteiger partial charge in [-0.25, -0.2) is 13.8 Å². The minimum absolute atomic E-state index is 0.139. The predicted octanol–water partition coefficient (Wildman–Crippen LogP) is 4.92. The van der Waals surface area contributed by atoms with Crippen LogP contribution in [0.2, 0.25) is 5.02 Å². The molecule has 142 valence electrons. The number of nitrogens with zero attached hydrogens (tertiary/aromatic N) is 3. The van der Waals surface area contributed by atoms with E-state index in [2.05, 4.69) is 29.2 Å². The molecule has 0 saturated heterocycles. The molecule has 0 saturated carbocycles. The zero-order chi connectivity index (χ0) is 19.7. The highest BCUT2D eigenvalue weighted by molar-refractivity contribution is 7.09. The van der Waals surface area contributed by atoms with E-state index < -0.39 is 17.2 Å². The Hall–Kier alpha value is -2.32. The standard InChI is InChI=1S/C18H17ClF2N4OS/c1-9(2)17-24-14(8-27-17)10(3)23-13-7-22-25(18(26)16(13)19)15-5-4-11(20)6-12(15)21/h4-10,23H,1-3H3. The van der Waals surface area contributed by atoms with Gasteiger partial charge in [-0.15, -0.1) is 11.3 Å². The lowest BCUT2D eigenvalue weighted by atomic mass is 10.2. The average Bonchev–Trinajstić information content (AvgIpc) is 3.10. The molecule has 2 heterocycles. The minimum atomic E-state index is -0.904. The lowest BCUT2D eigenvalue weighted by Gasteiger charge is -2.15. The van der Waals surface area contributed by atoms with Crippen LogP contribution in [-0.2, 0) is 0 Å². The number of rotatable bonds is 5. The first-order valence-corrected chi connectivity index (χ1v) is 9.48. The smallest absolute Gasteiger partial charge is 0.292 e. The molecule has 1 unspecified atom stereocenters. The largest absolute Gasteiger partial charge is 0.374 e. The number of benzene rings is 1. The van der Waals surface area contributed by atoms with Crippen LogP contribution in [0.1, 0.15) is 43.4 Å². The van der Waals surface area contributed by atoms with Crippen LogP contribution in [0.4, 0.5) is 14.5 Å². The van der Waals surface area contributed by atoms with Crippen molar-refractivity contribution in [2.45, 2.75) is 32.7 Å². The minimum Gasteiger partial charge on any atom is -0.374 e. The molecular weight excluding hydrogens is 394 g/mol. The lowest BCUT2D eigenvalue weighted by molar-refractivity contribution is 0.570. The van der Waals surface area contributed by atoms with Gasteiger partial charge in [-0.05, 0) is 19.1 Å². The van der Waals surface area contributed by atoms with Gasteiger partial charge in [0, 0.05) is 17.4 Å². The van der Waals surface area contributed by atoms with E-state index in [0.717, 1.165) is 27.5 Å². The molecule has 0 fully saturated rings. The third-order valence-electron chi connectivity index (χ3n) is 3.91. The highest BCUT2D eigenvalue weighted by Crippen LogP contribution is 2.27. The van der Waals surface area contributed by atoms with Gasteiger partial charge >= 0.3 is 0 Å². The summed E-state index contributed by atoms with van der Waals surface area (Å²) in [6, 6.07) is 2.66. The summed E-state index contributed by atoms with van der Waals surface area (Å²) in [6.07, 6.45) is 1.33. The van der Waals surface area contributed by atoms with Crippen LogP contribution in [0.25, 0.3) is 5.69 Å². The zero-order valence-electron chi connectivity index (χ0n) is 14.8. The van der Waals surface area contributed by atoms with Crippen molar-refractivity contribution in [1.29, 1.82) is 0 Å². The second-order valence-electron chi connectivity index (χ2n) is 6.32. The average molecular weight is 411 g/mol. The van der Waals surface area contributed by atoms with Gasteiger partial charge in [-0.2, -0.15) is 9.78 Å². The summed E-state index contributed by atoms with van der Waals surface area (Å²) in [5.74, 6) is -1.32. The molecule has 0 bridgehead atoms. The fourth-order valence-electron chi connectivity index (χ4n) is 2.43. The van der Waals surface area contributed by atoms with Crippen molar-refractivity contribution in [2.75, 3.05) is 5.32 Å². The maximum Gasteiger partial charge on any atom is 0.292 e. The predicted molar refractivity (Wildman–Crippen MR) is 103 cm³/mol. The Morgan fingerprint density at radius 2 is 2.00 bits per heavy atom. The molecule has 3 rings (SSSR count). The number of hydrogen-bond donors (Lipinski definition) is 1. The van der Waals surface area contributed by atoms with E-state index >= 15 is 0 Å². The summed E-state index contributed by atoms with van der Waals surface area (Å²) in [5.41, 5.74) is 0.255. The van der Waals surface area contributed by atoms with Gasteiger partial charge < -0.3 is 5.32 Å². The molecule has 27 heavy (non-hydrogen) atoms. The topological polar surface area (TPSA) is 59.8 Å². The first-order chi connectivity index (χ1) is 12.8. The van der Waals surface area contributed by atoms with Crippen LogP contribution in [-0.4, -0.2) is 14.8 Å². The van der Waals surface area contributed by atoms with Gasteiger partial charge in [-0.1, -0.05) is 25.4 Å². The summed E-state index contributed by atoms with van der Waals surface area (Å²) in [5, 5.41) is 9.89.